The van der Waals surface area contributed by atoms with E-state index in [4.69, 9.17) is 33.7 Å². The normalized spacial score (nSPS) is 20.7. The maximum Gasteiger partial charge on any atom is 0.407 e. The molecule has 0 saturated carbocycles. The van der Waals surface area contributed by atoms with Crippen molar-refractivity contribution in [2.75, 3.05) is 41.6 Å². The average Bonchev–Trinajstić information content (AvgIpc) is 4.14. The second-order valence-electron chi connectivity index (χ2n) is 17.4. The third-order valence-corrected chi connectivity index (χ3v) is 13.2. The minimum atomic E-state index is -0.971. The first-order valence-corrected chi connectivity index (χ1v) is 22.0. The first kappa shape index (κ1) is 44.4. The Hall–Kier alpha value is -6.20. The second kappa shape index (κ2) is 18.5. The van der Waals surface area contributed by atoms with Crippen LogP contribution in [-0.2, 0) is 35.1 Å². The molecule has 7 atom stereocenters. The summed E-state index contributed by atoms with van der Waals surface area (Å²) < 4.78 is 27.1. The summed E-state index contributed by atoms with van der Waals surface area (Å²) in [6.07, 6.45) is 2.86. The number of methoxy groups -OCH3 is 4. The Balaban J connectivity index is 1.06. The van der Waals surface area contributed by atoms with Gasteiger partial charge in [-0.15, -0.1) is 0 Å². The lowest BCUT2D eigenvalue weighted by molar-refractivity contribution is -0.138. The fraction of sp³-hybridized carbons (Fsp3) is 0.489. The minimum Gasteiger partial charge on any atom is -0.488 e. The highest BCUT2D eigenvalue weighted by molar-refractivity contribution is 6.07. The van der Waals surface area contributed by atoms with Crippen molar-refractivity contribution in [2.45, 2.75) is 96.3 Å². The lowest BCUT2D eigenvalue weighted by Crippen LogP contribution is -2.54. The Labute approximate surface area is 371 Å². The van der Waals surface area contributed by atoms with Gasteiger partial charge in [-0.2, -0.15) is 0 Å². The van der Waals surface area contributed by atoms with Crippen molar-refractivity contribution in [2.24, 2.45) is 11.8 Å². The zero-order chi connectivity index (χ0) is 45.4. The lowest BCUT2D eigenvalue weighted by atomic mass is 9.92. The van der Waals surface area contributed by atoms with E-state index >= 15 is 0 Å². The minimum absolute atomic E-state index is 0.0266. The van der Waals surface area contributed by atoms with E-state index in [1.54, 1.807) is 18.9 Å². The van der Waals surface area contributed by atoms with Crippen LogP contribution in [0.3, 0.4) is 0 Å². The van der Waals surface area contributed by atoms with Crippen molar-refractivity contribution in [3.8, 4) is 28.1 Å². The van der Waals surface area contributed by atoms with Gasteiger partial charge in [0.1, 0.15) is 36.1 Å². The summed E-state index contributed by atoms with van der Waals surface area (Å²) >= 11 is 0. The van der Waals surface area contributed by atoms with Crippen molar-refractivity contribution >= 4 is 45.8 Å². The molecule has 2 saturated heterocycles. The number of aromatic nitrogens is 4. The van der Waals surface area contributed by atoms with Crippen LogP contribution in [0.4, 0.5) is 9.59 Å². The molecule has 0 bridgehead atoms. The van der Waals surface area contributed by atoms with Crippen molar-refractivity contribution in [3.63, 3.8) is 0 Å². The molecule has 4 N–H and O–H groups in total. The predicted molar refractivity (Wildman–Crippen MR) is 238 cm³/mol. The predicted octanol–water partition coefficient (Wildman–Crippen LogP) is 6.78. The van der Waals surface area contributed by atoms with E-state index in [-0.39, 0.29) is 35.7 Å². The number of hydrogen-bond acceptors (Lipinski definition) is 11. The molecular formula is C47H58N8O9. The van der Waals surface area contributed by atoms with Gasteiger partial charge in [0.2, 0.25) is 11.8 Å². The molecule has 4 amide bonds. The van der Waals surface area contributed by atoms with E-state index < -0.39 is 36.4 Å². The molecule has 1 unspecified atom stereocenters. The summed E-state index contributed by atoms with van der Waals surface area (Å²) in [7, 11) is 5.69. The van der Waals surface area contributed by atoms with Crippen LogP contribution in [0.1, 0.15) is 82.7 Å². The number of rotatable bonds is 13. The van der Waals surface area contributed by atoms with Gasteiger partial charge in [-0.25, -0.2) is 19.6 Å². The van der Waals surface area contributed by atoms with Crippen LogP contribution >= 0.6 is 0 Å². The van der Waals surface area contributed by atoms with Crippen LogP contribution < -0.4 is 15.4 Å². The molecule has 3 aliphatic heterocycles. The number of carbonyl (C=O) groups is 4. The lowest BCUT2D eigenvalue weighted by Gasteiger charge is -2.34. The number of likely N-dealkylation sites (tertiary alicyclic amines) is 2. The average molecular weight is 879 g/mol. The fourth-order valence-corrected chi connectivity index (χ4v) is 9.69. The van der Waals surface area contributed by atoms with Gasteiger partial charge in [-0.3, -0.25) is 9.59 Å². The summed E-state index contributed by atoms with van der Waals surface area (Å²) in [5.74, 6) is 1.58. The van der Waals surface area contributed by atoms with Crippen LogP contribution in [0.15, 0.2) is 48.7 Å². The van der Waals surface area contributed by atoms with Crippen LogP contribution in [0, 0.1) is 11.8 Å². The van der Waals surface area contributed by atoms with E-state index in [1.165, 1.54) is 21.3 Å². The molecule has 340 valence electrons. The Morgan fingerprint density at radius 3 is 2.34 bits per heavy atom. The standard InChI is InChI=1S/C47H58N8O9/c1-9-30-12-15-36(55(30)45(57)39(24(2)3)52-46(58)62-7)42-48-20-35(50-42)28-10-13-31-29(17-28)23-64-38-19-32-27(18-33(31)38)11-14-34-41(32)51-43(49-34)37-16-26(22-60-5)21-54(37)44(56)40(25(4)61-6)53-47(59)63-8/h10-11,13-14,17-20,24-26,30,36-37,39-40H,9,12,15-16,21-23H2,1-8H3,(H,48,50)(H,49,51)(H,52,58)(H,53,59)/t25-,26+,30+,36+,37+,39+,40?/m1/s1. The van der Waals surface area contributed by atoms with E-state index in [2.05, 4.69) is 57.9 Å². The number of carbonyl (C=O) groups excluding carboxylic acids is 4. The highest BCUT2D eigenvalue weighted by Crippen LogP contribution is 2.44. The zero-order valence-electron chi connectivity index (χ0n) is 37.7. The Morgan fingerprint density at radius 1 is 0.875 bits per heavy atom. The molecule has 5 heterocycles. The van der Waals surface area contributed by atoms with Crippen LogP contribution in [0.5, 0.6) is 5.75 Å². The molecule has 8 rings (SSSR count). The molecule has 2 aromatic heterocycles. The van der Waals surface area contributed by atoms with Gasteiger partial charge < -0.3 is 54.1 Å². The quantitative estimate of drug-likeness (QED) is 0.0971. The SMILES string of the molecule is CC[C@H]1CC[C@@H](c2ncc(-c3ccc4c(c3)COc3cc5c(ccc6[nH]c([C@@H]7C[C@H](COC)CN7C(=O)C(NC(=O)OC)[C@@H](C)OC)nc65)cc3-4)[nH]2)N1C(=O)[C@@H](NC(=O)OC)C(C)C. The smallest absolute Gasteiger partial charge is 0.407 e. The van der Waals surface area contributed by atoms with Gasteiger partial charge in [0.05, 0.1) is 61.9 Å². The van der Waals surface area contributed by atoms with Gasteiger partial charge in [0.25, 0.3) is 0 Å². The molecule has 64 heavy (non-hydrogen) atoms. The van der Waals surface area contributed by atoms with Gasteiger partial charge >= 0.3 is 12.2 Å². The third-order valence-electron chi connectivity index (χ3n) is 13.2. The topological polar surface area (TPSA) is 202 Å². The van der Waals surface area contributed by atoms with Crippen molar-refractivity contribution in [1.82, 2.24) is 40.4 Å². The Morgan fingerprint density at radius 2 is 1.64 bits per heavy atom. The number of benzene rings is 3. The van der Waals surface area contributed by atoms with Crippen LogP contribution in [0.25, 0.3) is 44.2 Å². The number of ether oxygens (including phenoxy) is 5. The number of hydrogen-bond donors (Lipinski definition) is 4. The molecule has 17 nitrogen and oxygen atoms in total. The van der Waals surface area contributed by atoms with Crippen molar-refractivity contribution in [3.05, 3.63) is 65.9 Å². The number of alkyl carbamates (subject to hydrolysis) is 2. The Bertz CT molecular complexity index is 2550. The summed E-state index contributed by atoms with van der Waals surface area (Å²) in [4.78, 5) is 73.3. The van der Waals surface area contributed by atoms with E-state index in [0.717, 1.165) is 74.8 Å². The number of fused-ring (bicyclic) bond motifs is 6. The van der Waals surface area contributed by atoms with E-state index in [1.807, 2.05) is 37.1 Å². The number of nitrogens with one attached hydrogen (secondary N) is 4. The molecule has 5 aromatic rings. The van der Waals surface area contributed by atoms with E-state index in [9.17, 15) is 19.2 Å². The van der Waals surface area contributed by atoms with Gasteiger partial charge in [-0.1, -0.05) is 39.0 Å². The van der Waals surface area contributed by atoms with Gasteiger partial charge in [0.15, 0.2) is 0 Å². The second-order valence-corrected chi connectivity index (χ2v) is 17.4. The monoisotopic (exact) mass is 878 g/mol. The van der Waals surface area contributed by atoms with Crippen molar-refractivity contribution in [1.29, 1.82) is 0 Å². The van der Waals surface area contributed by atoms with Gasteiger partial charge in [0, 0.05) is 43.7 Å². The van der Waals surface area contributed by atoms with Crippen LogP contribution in [-0.4, -0.2) is 120 Å². The third kappa shape index (κ3) is 8.33. The number of H-pyrrole nitrogens is 2. The van der Waals surface area contributed by atoms with Crippen LogP contribution in [0.2, 0.25) is 0 Å². The van der Waals surface area contributed by atoms with E-state index in [0.29, 0.717) is 37.8 Å². The molecular weight excluding hydrogens is 821 g/mol. The number of nitrogens with zero attached hydrogens (tertiary/aromatic N) is 4. The Kier molecular flexibility index (Phi) is 12.8. The van der Waals surface area contributed by atoms with Gasteiger partial charge in [-0.05, 0) is 84.9 Å². The zero-order valence-corrected chi connectivity index (χ0v) is 37.7. The molecule has 0 radical (unpaired) electrons. The highest BCUT2D eigenvalue weighted by atomic mass is 16.5. The number of imidazole rings is 2. The maximum absolute atomic E-state index is 14.2. The first-order chi connectivity index (χ1) is 30.9. The fourth-order valence-electron chi connectivity index (χ4n) is 9.69. The molecule has 3 aromatic carbocycles. The number of aromatic amines is 2. The largest absolute Gasteiger partial charge is 0.488 e. The summed E-state index contributed by atoms with van der Waals surface area (Å²) in [5, 5.41) is 7.31. The summed E-state index contributed by atoms with van der Waals surface area (Å²) in [6.45, 7) is 8.87. The van der Waals surface area contributed by atoms with Crippen molar-refractivity contribution < 1.29 is 42.9 Å². The summed E-state index contributed by atoms with van der Waals surface area (Å²) in [5.41, 5.74) is 6.43. The number of amides is 4. The molecule has 3 aliphatic rings. The summed E-state index contributed by atoms with van der Waals surface area (Å²) in [6, 6.07) is 12.2. The molecule has 0 aliphatic carbocycles. The molecule has 0 spiro atoms. The first-order valence-electron chi connectivity index (χ1n) is 22.0. The maximum atomic E-state index is 14.2. The molecule has 2 fully saturated rings. The molecule has 17 heteroatoms. The highest BCUT2D eigenvalue weighted by Gasteiger charge is 2.44.